The number of H-pyrrole nitrogens is 1. The molecule has 8 heteroatoms. The van der Waals surface area contributed by atoms with Gasteiger partial charge < -0.3 is 4.74 Å². The first-order valence-corrected chi connectivity index (χ1v) is 5.75. The van der Waals surface area contributed by atoms with Gasteiger partial charge in [-0.25, -0.2) is 9.79 Å². The highest BCUT2D eigenvalue weighted by atomic mass is 19.1. The van der Waals surface area contributed by atoms with Crippen molar-refractivity contribution in [2.45, 2.75) is 19.6 Å². The van der Waals surface area contributed by atoms with E-state index >= 15 is 0 Å². The molecule has 0 aliphatic carbocycles. The van der Waals surface area contributed by atoms with E-state index in [-0.39, 0.29) is 0 Å². The Morgan fingerprint density at radius 2 is 2.35 bits per heavy atom. The zero-order valence-electron chi connectivity index (χ0n) is 10.5. The lowest BCUT2D eigenvalue weighted by Gasteiger charge is -2.13. The first kappa shape index (κ1) is 13.8. The summed E-state index contributed by atoms with van der Waals surface area (Å²) < 4.78 is 18.9. The molecule has 1 aliphatic rings. The number of aromatic amines is 1. The average molecular weight is 280 g/mol. The lowest BCUT2D eigenvalue weighted by atomic mass is 10.1. The van der Waals surface area contributed by atoms with E-state index in [0.29, 0.717) is 18.5 Å². The fourth-order valence-corrected chi connectivity index (χ4v) is 1.58. The van der Waals surface area contributed by atoms with Crippen molar-refractivity contribution in [3.05, 3.63) is 51.0 Å². The summed E-state index contributed by atoms with van der Waals surface area (Å²) in [6.07, 6.45) is 4.57. The van der Waals surface area contributed by atoms with Crippen LogP contribution in [-0.4, -0.2) is 21.7 Å². The van der Waals surface area contributed by atoms with Crippen LogP contribution in [0.2, 0.25) is 0 Å². The summed E-state index contributed by atoms with van der Waals surface area (Å²) in [6.45, 7) is 1.38. The molecule has 0 aromatic carbocycles. The van der Waals surface area contributed by atoms with Gasteiger partial charge in [0.15, 0.2) is 6.23 Å². The van der Waals surface area contributed by atoms with Crippen molar-refractivity contribution in [3.8, 4) is 0 Å². The number of aromatic nitrogens is 2. The highest BCUT2D eigenvalue weighted by Gasteiger charge is 2.34. The lowest BCUT2D eigenvalue weighted by molar-refractivity contribution is -0.149. The van der Waals surface area contributed by atoms with Crippen molar-refractivity contribution in [2.75, 3.05) is 0 Å². The van der Waals surface area contributed by atoms with Crippen molar-refractivity contribution >= 4 is 12.2 Å². The summed E-state index contributed by atoms with van der Waals surface area (Å²) in [6, 6.07) is 0. The van der Waals surface area contributed by atoms with Crippen LogP contribution < -0.4 is 11.2 Å². The van der Waals surface area contributed by atoms with Crippen molar-refractivity contribution in [1.29, 1.82) is 0 Å². The number of aliphatic imine (C=N–C) groups is 1. The number of allylic oxidation sites excluding steroid dienone is 1. The standard InChI is InChI=1S/C12H10FN3O4/c1-7(16-6-9(13)10(17)15-12(16)19)20-11(18)8-3-2-4-14-5-8/h2,4-7H,3H2,1H3/p+1. The third kappa shape index (κ3) is 2.85. The first-order chi connectivity index (χ1) is 9.49. The second-order valence-corrected chi connectivity index (χ2v) is 4.04. The molecule has 0 fully saturated rings. The largest absolute Gasteiger partial charge is 0.508 e. The lowest BCUT2D eigenvalue weighted by Crippen LogP contribution is -2.35. The average Bonchev–Trinajstić information content (AvgIpc) is 2.43. The Morgan fingerprint density at radius 1 is 1.60 bits per heavy atom. The molecule has 104 valence electrons. The Morgan fingerprint density at radius 3 is 3.00 bits per heavy atom. The Balaban J connectivity index is 2.14. The Labute approximate surface area is 112 Å². The topological polar surface area (TPSA) is 93.5 Å². The fourth-order valence-electron chi connectivity index (χ4n) is 1.58. The molecule has 1 aromatic rings. The summed E-state index contributed by atoms with van der Waals surface area (Å²) >= 11 is 0. The SMILES string of the molecule is CC(OC(=O)[C+]1C=NC=CC1)n1cc(F)c(=O)[nH]c1=O. The normalized spacial score (nSPS) is 15.2. The Hall–Kier alpha value is -2.64. The van der Waals surface area contributed by atoms with Crippen LogP contribution in [0, 0.1) is 11.7 Å². The maximum atomic E-state index is 13.1. The van der Waals surface area contributed by atoms with Crippen LogP contribution in [0.15, 0.2) is 33.1 Å². The van der Waals surface area contributed by atoms with Crippen LogP contribution in [0.25, 0.3) is 0 Å². The van der Waals surface area contributed by atoms with Gasteiger partial charge >= 0.3 is 11.7 Å². The van der Waals surface area contributed by atoms with Gasteiger partial charge in [-0.05, 0) is 13.0 Å². The van der Waals surface area contributed by atoms with E-state index in [1.807, 2.05) is 0 Å². The summed E-state index contributed by atoms with van der Waals surface area (Å²) in [5, 5.41) is 0. The molecule has 1 aliphatic heterocycles. The number of carbonyl (C=O) groups is 1. The van der Waals surface area contributed by atoms with Gasteiger partial charge in [-0.15, -0.1) is 0 Å². The van der Waals surface area contributed by atoms with Crippen molar-refractivity contribution in [1.82, 2.24) is 9.55 Å². The molecule has 1 unspecified atom stereocenters. The van der Waals surface area contributed by atoms with E-state index < -0.39 is 29.3 Å². The van der Waals surface area contributed by atoms with Crippen LogP contribution in [0.5, 0.6) is 0 Å². The van der Waals surface area contributed by atoms with Crippen molar-refractivity contribution in [2.24, 2.45) is 4.99 Å². The molecule has 0 saturated carbocycles. The number of hydrogen-bond acceptors (Lipinski definition) is 5. The number of hydrogen-bond donors (Lipinski definition) is 1. The molecule has 7 nitrogen and oxygen atoms in total. The highest BCUT2D eigenvalue weighted by molar-refractivity contribution is 6.05. The molecule has 1 atom stereocenters. The minimum absolute atomic E-state index is 0.317. The van der Waals surface area contributed by atoms with Gasteiger partial charge in [0.25, 0.3) is 11.5 Å². The van der Waals surface area contributed by atoms with E-state index in [2.05, 4.69) is 4.99 Å². The summed E-state index contributed by atoms with van der Waals surface area (Å²) in [4.78, 5) is 39.7. The molecule has 2 rings (SSSR count). The van der Waals surface area contributed by atoms with E-state index in [4.69, 9.17) is 4.74 Å². The van der Waals surface area contributed by atoms with E-state index in [1.54, 1.807) is 17.3 Å². The van der Waals surface area contributed by atoms with Crippen LogP contribution in [0.3, 0.4) is 0 Å². The van der Waals surface area contributed by atoms with Crippen LogP contribution in [0.1, 0.15) is 19.6 Å². The van der Waals surface area contributed by atoms with Gasteiger partial charge in [0.05, 0.1) is 6.20 Å². The minimum Gasteiger partial charge on any atom is -0.405 e. The van der Waals surface area contributed by atoms with Gasteiger partial charge in [0.2, 0.25) is 12.0 Å². The van der Waals surface area contributed by atoms with Gasteiger partial charge in [-0.2, -0.15) is 9.18 Å². The zero-order chi connectivity index (χ0) is 14.7. The molecular formula is C12H11FN3O4+. The highest BCUT2D eigenvalue weighted by Crippen LogP contribution is 2.15. The third-order valence-electron chi connectivity index (χ3n) is 2.62. The molecule has 2 heterocycles. The summed E-state index contributed by atoms with van der Waals surface area (Å²) in [5.41, 5.74) is -1.98. The predicted octanol–water partition coefficient (Wildman–Crippen LogP) is 0.300. The van der Waals surface area contributed by atoms with E-state index in [0.717, 1.165) is 4.57 Å². The smallest absolute Gasteiger partial charge is 0.405 e. The monoisotopic (exact) mass is 280 g/mol. The third-order valence-corrected chi connectivity index (χ3v) is 2.62. The van der Waals surface area contributed by atoms with Gasteiger partial charge in [0, 0.05) is 6.20 Å². The minimum atomic E-state index is -1.14. The van der Waals surface area contributed by atoms with E-state index in [1.165, 1.54) is 13.1 Å². The number of nitrogens with one attached hydrogen (secondary N) is 1. The second kappa shape index (κ2) is 5.55. The Kier molecular flexibility index (Phi) is 3.83. The number of halogens is 1. The molecule has 0 amide bonds. The quantitative estimate of drug-likeness (QED) is 0.636. The molecule has 1 N–H and O–H groups in total. The van der Waals surface area contributed by atoms with Gasteiger partial charge in [-0.3, -0.25) is 14.3 Å². The molecule has 0 bridgehead atoms. The number of esters is 1. The maximum absolute atomic E-state index is 13.1. The van der Waals surface area contributed by atoms with Crippen molar-refractivity contribution < 1.29 is 13.9 Å². The summed E-state index contributed by atoms with van der Waals surface area (Å²) in [5.74, 6) is -1.48. The number of rotatable bonds is 3. The molecular weight excluding hydrogens is 269 g/mol. The predicted molar refractivity (Wildman–Crippen MR) is 67.6 cm³/mol. The molecule has 0 radical (unpaired) electrons. The van der Waals surface area contributed by atoms with E-state index in [9.17, 15) is 18.8 Å². The molecule has 1 aromatic heterocycles. The number of ether oxygens (including phenoxy) is 1. The van der Waals surface area contributed by atoms with Gasteiger partial charge in [0.1, 0.15) is 6.42 Å². The van der Waals surface area contributed by atoms with Crippen LogP contribution >= 0.6 is 0 Å². The second-order valence-electron chi connectivity index (χ2n) is 4.04. The molecule has 20 heavy (non-hydrogen) atoms. The zero-order valence-corrected chi connectivity index (χ0v) is 10.5. The van der Waals surface area contributed by atoms with Crippen LogP contribution in [0.4, 0.5) is 4.39 Å². The first-order valence-electron chi connectivity index (χ1n) is 5.75. The van der Waals surface area contributed by atoms with Crippen molar-refractivity contribution in [3.63, 3.8) is 0 Å². The fraction of sp³-hybridized carbons (Fsp3) is 0.250. The number of carbonyl (C=O) groups excluding carboxylic acids is 1. The Bertz CT molecular complexity index is 689. The molecule has 0 spiro atoms. The van der Waals surface area contributed by atoms with Crippen LogP contribution in [-0.2, 0) is 9.53 Å². The summed E-state index contributed by atoms with van der Waals surface area (Å²) in [7, 11) is 0. The maximum Gasteiger partial charge on any atom is 0.508 e. The number of nitrogens with zero attached hydrogens (tertiary/aromatic N) is 2. The van der Waals surface area contributed by atoms with Gasteiger partial charge in [-0.1, -0.05) is 0 Å². The molecule has 0 saturated heterocycles.